The summed E-state index contributed by atoms with van der Waals surface area (Å²) in [6, 6.07) is 8.71. The third kappa shape index (κ3) is 4.55. The molecule has 122 valence electrons. The van der Waals surface area contributed by atoms with Crippen LogP contribution in [0.3, 0.4) is 0 Å². The first-order valence-corrected chi connectivity index (χ1v) is 8.25. The highest BCUT2D eigenvalue weighted by Gasteiger charge is 2.23. The number of nitrogens with zero attached hydrogens (tertiary/aromatic N) is 2. The molecular formula is C18H29N3O. The lowest BCUT2D eigenvalue weighted by atomic mass is 10.0. The van der Waals surface area contributed by atoms with Gasteiger partial charge in [0.1, 0.15) is 0 Å². The summed E-state index contributed by atoms with van der Waals surface area (Å²) >= 11 is 0. The average Bonchev–Trinajstić information content (AvgIpc) is 2.94. The Hall–Kier alpha value is -1.39. The maximum absolute atomic E-state index is 12.2. The average molecular weight is 303 g/mol. The molecule has 1 heterocycles. The van der Waals surface area contributed by atoms with E-state index in [2.05, 4.69) is 49.1 Å². The first-order chi connectivity index (χ1) is 10.5. The molecule has 22 heavy (non-hydrogen) atoms. The van der Waals surface area contributed by atoms with E-state index in [0.717, 1.165) is 25.3 Å². The van der Waals surface area contributed by atoms with Gasteiger partial charge in [0.25, 0.3) is 0 Å². The van der Waals surface area contributed by atoms with Gasteiger partial charge in [0.05, 0.1) is 0 Å². The maximum atomic E-state index is 12.2. The molecule has 0 bridgehead atoms. The van der Waals surface area contributed by atoms with Crippen molar-refractivity contribution >= 4 is 11.6 Å². The number of hydrogen-bond acceptors (Lipinski definition) is 3. The Labute approximate surface area is 134 Å². The van der Waals surface area contributed by atoms with E-state index in [1.165, 1.54) is 12.0 Å². The van der Waals surface area contributed by atoms with Gasteiger partial charge in [-0.1, -0.05) is 32.0 Å². The molecule has 1 aromatic rings. The van der Waals surface area contributed by atoms with Gasteiger partial charge in [-0.2, -0.15) is 0 Å². The molecule has 1 aliphatic heterocycles. The fraction of sp³-hybridized carbons (Fsp3) is 0.611. The van der Waals surface area contributed by atoms with Crippen molar-refractivity contribution < 1.29 is 4.79 Å². The smallest absolute Gasteiger partial charge is 0.225 e. The Morgan fingerprint density at radius 1 is 1.36 bits per heavy atom. The molecule has 1 amide bonds. The van der Waals surface area contributed by atoms with Gasteiger partial charge in [0.2, 0.25) is 5.91 Å². The Kier molecular flexibility index (Phi) is 5.98. The van der Waals surface area contributed by atoms with Gasteiger partial charge >= 0.3 is 0 Å². The standard InChI is InChI=1S/C18H29N3O/c1-14(2)16-7-5-6-8-17(16)19-18(22)10-12-21-11-9-15(13-21)20(3)4/h5-8,14-15H,9-13H2,1-4H3,(H,19,22)/t15-/m0/s1. The molecule has 0 aromatic heterocycles. The first-order valence-electron chi connectivity index (χ1n) is 8.25. The fourth-order valence-electron chi connectivity index (χ4n) is 3.02. The van der Waals surface area contributed by atoms with E-state index in [9.17, 15) is 4.79 Å². The number of amides is 1. The van der Waals surface area contributed by atoms with Crippen molar-refractivity contribution in [2.24, 2.45) is 0 Å². The van der Waals surface area contributed by atoms with Crippen LogP contribution < -0.4 is 5.32 Å². The maximum Gasteiger partial charge on any atom is 0.225 e. The zero-order chi connectivity index (χ0) is 16.1. The predicted octanol–water partition coefficient (Wildman–Crippen LogP) is 2.77. The molecule has 1 N–H and O–H groups in total. The molecule has 2 rings (SSSR count). The van der Waals surface area contributed by atoms with Gasteiger partial charge in [-0.3, -0.25) is 4.79 Å². The van der Waals surface area contributed by atoms with Crippen LogP contribution in [0.2, 0.25) is 0 Å². The van der Waals surface area contributed by atoms with Crippen LogP contribution in [0.5, 0.6) is 0 Å². The van der Waals surface area contributed by atoms with Crippen LogP contribution >= 0.6 is 0 Å². The number of nitrogens with one attached hydrogen (secondary N) is 1. The third-order valence-corrected chi connectivity index (χ3v) is 4.49. The molecular weight excluding hydrogens is 274 g/mol. The van der Waals surface area contributed by atoms with Crippen molar-refractivity contribution in [3.05, 3.63) is 29.8 Å². The second kappa shape index (κ2) is 7.75. The molecule has 0 saturated carbocycles. The summed E-state index contributed by atoms with van der Waals surface area (Å²) in [5.74, 6) is 0.525. The number of benzene rings is 1. The van der Waals surface area contributed by atoms with E-state index in [-0.39, 0.29) is 5.91 Å². The lowest BCUT2D eigenvalue weighted by molar-refractivity contribution is -0.116. The van der Waals surface area contributed by atoms with Gasteiger partial charge in [-0.15, -0.1) is 0 Å². The molecule has 0 radical (unpaired) electrons. The van der Waals surface area contributed by atoms with E-state index < -0.39 is 0 Å². The fourth-order valence-corrected chi connectivity index (χ4v) is 3.02. The van der Waals surface area contributed by atoms with Gasteiger partial charge in [0, 0.05) is 31.2 Å². The number of anilines is 1. The quantitative estimate of drug-likeness (QED) is 0.878. The Morgan fingerprint density at radius 3 is 2.73 bits per heavy atom. The minimum atomic E-state index is 0.112. The first kappa shape index (κ1) is 17.0. The van der Waals surface area contributed by atoms with Crippen molar-refractivity contribution in [1.29, 1.82) is 0 Å². The zero-order valence-electron chi connectivity index (χ0n) is 14.3. The van der Waals surface area contributed by atoms with Crippen LogP contribution in [0, 0.1) is 0 Å². The molecule has 4 nitrogen and oxygen atoms in total. The second-order valence-electron chi connectivity index (χ2n) is 6.75. The largest absolute Gasteiger partial charge is 0.326 e. The van der Waals surface area contributed by atoms with E-state index in [1.807, 2.05) is 18.2 Å². The van der Waals surface area contributed by atoms with Crippen LogP contribution in [0.25, 0.3) is 0 Å². The molecule has 1 saturated heterocycles. The Bertz CT molecular complexity index is 499. The number of para-hydroxylation sites is 1. The van der Waals surface area contributed by atoms with Gasteiger partial charge in [-0.05, 0) is 44.6 Å². The van der Waals surface area contributed by atoms with Crippen LogP contribution in [-0.4, -0.2) is 55.5 Å². The van der Waals surface area contributed by atoms with E-state index in [1.54, 1.807) is 0 Å². The molecule has 4 heteroatoms. The highest BCUT2D eigenvalue weighted by atomic mass is 16.1. The van der Waals surface area contributed by atoms with Gasteiger partial charge in [-0.25, -0.2) is 0 Å². The predicted molar refractivity (Wildman–Crippen MR) is 92.3 cm³/mol. The molecule has 1 fully saturated rings. The Balaban J connectivity index is 1.82. The lowest BCUT2D eigenvalue weighted by Gasteiger charge is -2.20. The van der Waals surface area contributed by atoms with Gasteiger partial charge in [0.15, 0.2) is 0 Å². The molecule has 1 aliphatic rings. The van der Waals surface area contributed by atoms with E-state index in [0.29, 0.717) is 18.4 Å². The number of carbonyl (C=O) groups is 1. The summed E-state index contributed by atoms with van der Waals surface area (Å²) in [5, 5.41) is 3.07. The van der Waals surface area contributed by atoms with Crippen molar-refractivity contribution in [3.8, 4) is 0 Å². The number of hydrogen-bond donors (Lipinski definition) is 1. The number of carbonyl (C=O) groups excluding carboxylic acids is 1. The third-order valence-electron chi connectivity index (χ3n) is 4.49. The lowest BCUT2D eigenvalue weighted by Crippen LogP contribution is -2.32. The van der Waals surface area contributed by atoms with Crippen molar-refractivity contribution in [1.82, 2.24) is 9.80 Å². The van der Waals surface area contributed by atoms with Gasteiger partial charge < -0.3 is 15.1 Å². The van der Waals surface area contributed by atoms with Crippen molar-refractivity contribution in [2.75, 3.05) is 39.0 Å². The minimum absolute atomic E-state index is 0.112. The Morgan fingerprint density at radius 2 is 2.09 bits per heavy atom. The highest BCUT2D eigenvalue weighted by molar-refractivity contribution is 5.91. The molecule has 1 aromatic carbocycles. The van der Waals surface area contributed by atoms with Crippen LogP contribution in [0.4, 0.5) is 5.69 Å². The second-order valence-corrected chi connectivity index (χ2v) is 6.75. The normalized spacial score (nSPS) is 19.1. The van der Waals surface area contributed by atoms with E-state index >= 15 is 0 Å². The van der Waals surface area contributed by atoms with E-state index in [4.69, 9.17) is 0 Å². The molecule has 0 unspecified atom stereocenters. The summed E-state index contributed by atoms with van der Waals surface area (Å²) in [6.07, 6.45) is 1.76. The van der Waals surface area contributed by atoms with Crippen LogP contribution in [0.15, 0.2) is 24.3 Å². The monoisotopic (exact) mass is 303 g/mol. The topological polar surface area (TPSA) is 35.6 Å². The summed E-state index contributed by atoms with van der Waals surface area (Å²) < 4.78 is 0. The number of rotatable bonds is 6. The zero-order valence-corrected chi connectivity index (χ0v) is 14.3. The summed E-state index contributed by atoms with van der Waals surface area (Å²) in [5.41, 5.74) is 2.15. The summed E-state index contributed by atoms with van der Waals surface area (Å²) in [7, 11) is 4.26. The molecule has 1 atom stereocenters. The molecule has 0 spiro atoms. The summed E-state index contributed by atoms with van der Waals surface area (Å²) in [4.78, 5) is 16.9. The highest BCUT2D eigenvalue weighted by Crippen LogP contribution is 2.23. The van der Waals surface area contributed by atoms with Crippen molar-refractivity contribution in [3.63, 3.8) is 0 Å². The SMILES string of the molecule is CC(C)c1ccccc1NC(=O)CCN1CC[C@H](N(C)C)C1. The van der Waals surface area contributed by atoms with Crippen LogP contribution in [0.1, 0.15) is 38.2 Å². The summed E-state index contributed by atoms with van der Waals surface area (Å²) in [6.45, 7) is 7.31. The number of likely N-dealkylation sites (N-methyl/N-ethyl adjacent to an activating group) is 1. The van der Waals surface area contributed by atoms with Crippen LogP contribution in [-0.2, 0) is 4.79 Å². The molecule has 0 aliphatic carbocycles. The van der Waals surface area contributed by atoms with Crippen molar-refractivity contribution in [2.45, 2.75) is 38.6 Å². The minimum Gasteiger partial charge on any atom is -0.326 e. The number of likely N-dealkylation sites (tertiary alicyclic amines) is 1.